The SMILES string of the molecule is CC.CC.CC.CC.CCC.CCC.CCC.CCC.Cc1ccccc1.FF.c1ccccc1. The van der Waals surface area contributed by atoms with Crippen molar-refractivity contribution in [3.63, 3.8) is 0 Å². The van der Waals surface area contributed by atoms with Crippen LogP contribution in [0.2, 0.25) is 0 Å². The molecule has 0 unspecified atom stereocenters. The Morgan fingerprint density at radius 2 is 0.486 bits per heavy atom. The van der Waals surface area contributed by atoms with Gasteiger partial charge in [-0.3, -0.25) is 0 Å². The first-order valence-corrected chi connectivity index (χ1v) is 14.2. The molecule has 0 aromatic heterocycles. The van der Waals surface area contributed by atoms with Crippen LogP contribution in [-0.4, -0.2) is 0 Å². The van der Waals surface area contributed by atoms with Gasteiger partial charge in [0.25, 0.3) is 0 Å². The van der Waals surface area contributed by atoms with Crippen LogP contribution in [0.1, 0.15) is 142 Å². The van der Waals surface area contributed by atoms with Crippen LogP contribution < -0.4 is 0 Å². The molecule has 0 aliphatic rings. The summed E-state index contributed by atoms with van der Waals surface area (Å²) in [6.45, 7) is 35.1. The van der Waals surface area contributed by atoms with Crippen LogP contribution in [0.15, 0.2) is 66.7 Å². The summed E-state index contributed by atoms with van der Waals surface area (Å²) in [6, 6.07) is 22.3. The van der Waals surface area contributed by atoms with Crippen LogP contribution >= 0.6 is 0 Å². The quantitative estimate of drug-likeness (QED) is 0.334. The normalized spacial score (nSPS) is 6.03. The van der Waals surface area contributed by atoms with Crippen LogP contribution in [0.4, 0.5) is 9.15 Å². The molecule has 0 bridgehead atoms. The van der Waals surface area contributed by atoms with E-state index in [9.17, 15) is 0 Å². The molecule has 0 fully saturated rings. The number of aryl methyl sites for hydroxylation is 1. The third kappa shape index (κ3) is 196. The number of benzene rings is 2. The maximum atomic E-state index is 8.00. The number of rotatable bonds is 0. The molecule has 0 aliphatic heterocycles. The molecular weight excluding hydrogens is 434 g/mol. The second-order valence-corrected chi connectivity index (χ2v) is 5.64. The molecule has 0 nitrogen and oxygen atoms in total. The van der Waals surface area contributed by atoms with Gasteiger partial charge in [-0.2, -0.15) is 0 Å². The van der Waals surface area contributed by atoms with Crippen LogP contribution in [0.25, 0.3) is 0 Å². The minimum atomic E-state index is 1.25. The number of halogens is 2. The van der Waals surface area contributed by atoms with Gasteiger partial charge < -0.3 is 0 Å². The largest absolute Gasteiger partial charge is 0.0683 e. The van der Waals surface area contributed by atoms with E-state index in [1.165, 1.54) is 31.2 Å². The second kappa shape index (κ2) is 119. The molecule has 0 radical (unpaired) electrons. The smallest absolute Gasteiger partial charge is 0 e. The lowest BCUT2D eigenvalue weighted by Crippen LogP contribution is -1.62. The van der Waals surface area contributed by atoms with Crippen molar-refractivity contribution in [1.82, 2.24) is 0 Å². The Morgan fingerprint density at radius 3 is 0.571 bits per heavy atom. The average Bonchev–Trinajstić information content (AvgIpc) is 2.94. The molecule has 2 heteroatoms. The van der Waals surface area contributed by atoms with E-state index in [2.05, 4.69) is 74.4 Å². The third-order valence-corrected chi connectivity index (χ3v) is 1.61. The summed E-state index contributed by atoms with van der Waals surface area (Å²) in [7, 11) is 0. The van der Waals surface area contributed by atoms with Crippen LogP contribution in [0.3, 0.4) is 0 Å². The van der Waals surface area contributed by atoms with Crippen molar-refractivity contribution in [2.75, 3.05) is 0 Å². The molecule has 0 saturated carbocycles. The molecule has 0 aliphatic carbocycles. The summed E-state index contributed by atoms with van der Waals surface area (Å²) in [6.07, 6.45) is 5.00. The molecule has 0 amide bonds. The fraction of sp³-hybridized carbons (Fsp3) is 0.636. The van der Waals surface area contributed by atoms with E-state index in [0.717, 1.165) is 0 Å². The molecule has 0 atom stereocenters. The third-order valence-electron chi connectivity index (χ3n) is 1.61. The summed E-state index contributed by atoms with van der Waals surface area (Å²) in [5, 5.41) is 0. The van der Waals surface area contributed by atoms with E-state index < -0.39 is 0 Å². The first-order valence-electron chi connectivity index (χ1n) is 14.2. The molecule has 0 N–H and O–H groups in total. The van der Waals surface area contributed by atoms with Crippen molar-refractivity contribution in [1.29, 1.82) is 0 Å². The highest BCUT2D eigenvalue weighted by Crippen LogP contribution is 1.92. The molecule has 35 heavy (non-hydrogen) atoms. The Hall–Kier alpha value is -1.70. The lowest BCUT2D eigenvalue weighted by molar-refractivity contribution is 0.108. The van der Waals surface area contributed by atoms with Gasteiger partial charge in [0.15, 0.2) is 0 Å². The summed E-state index contributed by atoms with van der Waals surface area (Å²) in [4.78, 5) is 0. The Bertz CT molecular complexity index is 327. The topological polar surface area (TPSA) is 0 Å². The van der Waals surface area contributed by atoms with Gasteiger partial charge in [-0.25, -0.2) is 0 Å². The van der Waals surface area contributed by atoms with E-state index in [0.29, 0.717) is 0 Å². The van der Waals surface area contributed by atoms with Crippen molar-refractivity contribution < 1.29 is 9.15 Å². The molecule has 0 saturated heterocycles. The average molecular weight is 505 g/mol. The lowest BCUT2D eigenvalue weighted by atomic mass is 10.2. The monoisotopic (exact) mass is 505 g/mol. The highest BCUT2D eigenvalue weighted by Gasteiger charge is 1.72. The highest BCUT2D eigenvalue weighted by molar-refractivity contribution is 5.11. The molecule has 2 aromatic rings. The molecule has 0 heterocycles. The van der Waals surface area contributed by atoms with Gasteiger partial charge in [0.05, 0.1) is 0 Å². The summed E-state index contributed by atoms with van der Waals surface area (Å²) in [5.74, 6) is 0. The van der Waals surface area contributed by atoms with Crippen molar-refractivity contribution >= 4 is 0 Å². The van der Waals surface area contributed by atoms with E-state index in [1.54, 1.807) is 0 Å². The summed E-state index contributed by atoms with van der Waals surface area (Å²) >= 11 is 0. The summed E-state index contributed by atoms with van der Waals surface area (Å²) in [5.41, 5.74) is 1.32. The minimum absolute atomic E-state index is 1.25. The number of hydrogen-bond acceptors (Lipinski definition) is 0. The Kier molecular flexibility index (Phi) is 200. The van der Waals surface area contributed by atoms with Gasteiger partial charge in [-0.1, -0.05) is 209 Å². The predicted octanol–water partition coefficient (Wildman–Crippen LogP) is 14.3. The fourth-order valence-corrected chi connectivity index (χ4v) is 0.919. The zero-order valence-electron chi connectivity index (χ0n) is 27.4. The van der Waals surface area contributed by atoms with Gasteiger partial charge >= 0.3 is 0 Å². The highest BCUT2D eigenvalue weighted by atomic mass is 20.0. The van der Waals surface area contributed by atoms with E-state index in [1.807, 2.05) is 110 Å². The first kappa shape index (κ1) is 58.8. The van der Waals surface area contributed by atoms with Crippen LogP contribution in [0.5, 0.6) is 0 Å². The molecule has 2 aromatic carbocycles. The van der Waals surface area contributed by atoms with Crippen molar-refractivity contribution in [2.45, 2.75) is 143 Å². The van der Waals surface area contributed by atoms with Crippen LogP contribution in [-0.2, 0) is 0 Å². The first-order chi connectivity index (χ1) is 17.1. The standard InChI is InChI=1S/C7H8.C6H6.4C3H8.4C2H6.F2/c1-7-5-3-2-4-6-7;1-2-4-6-5-3-1;4*1-3-2;5*1-2/h2-6H,1H3;1-6H;4*3H2,1-2H3;4*1-2H3;. The Balaban J connectivity index is -0.0000000319. The molecular formula is C33H70F2. The zero-order valence-corrected chi connectivity index (χ0v) is 27.4. The summed E-state index contributed by atoms with van der Waals surface area (Å²) < 4.78 is 16.0. The van der Waals surface area contributed by atoms with E-state index in [4.69, 9.17) is 9.15 Å². The minimum Gasteiger partial charge on any atom is -0.0683 e. The Morgan fingerprint density at radius 1 is 0.371 bits per heavy atom. The van der Waals surface area contributed by atoms with Crippen LogP contribution in [0, 0.1) is 6.92 Å². The molecule has 0 spiro atoms. The molecule has 216 valence electrons. The van der Waals surface area contributed by atoms with Gasteiger partial charge in [0.2, 0.25) is 0 Å². The maximum Gasteiger partial charge on any atom is 0 e. The van der Waals surface area contributed by atoms with Gasteiger partial charge in [-0.15, -0.1) is 0 Å². The van der Waals surface area contributed by atoms with E-state index >= 15 is 0 Å². The second-order valence-electron chi connectivity index (χ2n) is 5.64. The zero-order chi connectivity index (χ0) is 30.2. The maximum absolute atomic E-state index is 8.00. The van der Waals surface area contributed by atoms with Crippen molar-refractivity contribution in [3.8, 4) is 0 Å². The lowest BCUT2D eigenvalue weighted by Gasteiger charge is -1.82. The Labute approximate surface area is 224 Å². The van der Waals surface area contributed by atoms with Crippen molar-refractivity contribution in [3.05, 3.63) is 72.3 Å². The molecule has 2 rings (SSSR count). The predicted molar refractivity (Wildman–Crippen MR) is 169 cm³/mol. The van der Waals surface area contributed by atoms with E-state index in [-0.39, 0.29) is 0 Å². The van der Waals surface area contributed by atoms with Gasteiger partial charge in [-0.05, 0) is 6.92 Å². The van der Waals surface area contributed by atoms with Crippen molar-refractivity contribution in [2.24, 2.45) is 0 Å². The number of hydrogen-bond donors (Lipinski definition) is 0. The van der Waals surface area contributed by atoms with Gasteiger partial charge in [0.1, 0.15) is 0 Å². The fourth-order valence-electron chi connectivity index (χ4n) is 0.919. The van der Waals surface area contributed by atoms with Gasteiger partial charge in [0, 0.05) is 9.15 Å².